The van der Waals surface area contributed by atoms with Crippen molar-refractivity contribution in [1.29, 1.82) is 0 Å². The normalized spacial score (nSPS) is 28.5. The van der Waals surface area contributed by atoms with Crippen LogP contribution in [0.1, 0.15) is 120 Å². The molecule has 4 unspecified atom stereocenters. The third kappa shape index (κ3) is 14.3. The second kappa shape index (κ2) is 20.2. The number of hydrogen-bond acceptors (Lipinski definition) is 3. The van der Waals surface area contributed by atoms with Gasteiger partial charge in [-0.05, 0) is 119 Å². The molecule has 4 atom stereocenters. The SMILES string of the molecule is CC(=NC1C(C(C)C)CCCC1C(C)C)C(CCCCO[Si](C)(C)C)=NC1C(C(C)C)CCCC1C(C)C.[Br][Ni][Br]. The fraction of sp³-hybridized carbons (Fsp3) is 0.941. The molecule has 41 heavy (non-hydrogen) atoms. The van der Waals surface area contributed by atoms with E-state index in [-0.39, 0.29) is 0 Å². The molecule has 2 rings (SSSR count). The monoisotopic (exact) mass is 762 g/mol. The summed E-state index contributed by atoms with van der Waals surface area (Å²) in [5.41, 5.74) is 2.56. The Morgan fingerprint density at radius 2 is 1.07 bits per heavy atom. The van der Waals surface area contributed by atoms with Crippen LogP contribution >= 0.6 is 28.5 Å². The van der Waals surface area contributed by atoms with E-state index in [1.807, 2.05) is 0 Å². The first-order valence-corrected chi connectivity index (χ1v) is 25.0. The summed E-state index contributed by atoms with van der Waals surface area (Å²) in [5, 5.41) is 0. The van der Waals surface area contributed by atoms with Gasteiger partial charge >= 0.3 is 39.3 Å². The van der Waals surface area contributed by atoms with Crippen LogP contribution < -0.4 is 0 Å². The molecule has 2 saturated carbocycles. The Morgan fingerprint density at radius 3 is 1.41 bits per heavy atom. The Labute approximate surface area is 277 Å². The molecular weight excluding hydrogens is 699 g/mol. The van der Waals surface area contributed by atoms with E-state index in [1.165, 1.54) is 60.8 Å². The zero-order valence-corrected chi connectivity index (χ0v) is 33.9. The molecular formula is C34H66Br2N2NiOSi. The Bertz CT molecular complexity index is 749. The van der Waals surface area contributed by atoms with E-state index in [4.69, 9.17) is 14.4 Å². The van der Waals surface area contributed by atoms with Gasteiger partial charge < -0.3 is 4.43 Å². The molecule has 0 aromatic heterocycles. The molecule has 0 radical (unpaired) electrons. The second-order valence-corrected chi connectivity index (χ2v) is 24.7. The van der Waals surface area contributed by atoms with Gasteiger partial charge in [-0.15, -0.1) is 0 Å². The van der Waals surface area contributed by atoms with Crippen LogP contribution in [0, 0.1) is 47.3 Å². The van der Waals surface area contributed by atoms with Crippen molar-refractivity contribution in [1.82, 2.24) is 0 Å². The Hall–Kier alpha value is 0.970. The van der Waals surface area contributed by atoms with Gasteiger partial charge in [-0.25, -0.2) is 0 Å². The number of aliphatic imine (C=N–C) groups is 2. The van der Waals surface area contributed by atoms with Crippen molar-refractivity contribution in [3.05, 3.63) is 0 Å². The summed E-state index contributed by atoms with van der Waals surface area (Å²) in [7, 11) is -0.205. The average molecular weight is 766 g/mol. The molecule has 2 aliphatic carbocycles. The Morgan fingerprint density at radius 1 is 0.707 bits per heavy atom. The van der Waals surface area contributed by atoms with Crippen molar-refractivity contribution in [2.24, 2.45) is 57.3 Å². The van der Waals surface area contributed by atoms with Crippen LogP contribution in [0.15, 0.2) is 9.98 Å². The van der Waals surface area contributed by atoms with Crippen molar-refractivity contribution >= 4 is 48.2 Å². The van der Waals surface area contributed by atoms with Gasteiger partial charge in [0, 0.05) is 6.61 Å². The van der Waals surface area contributed by atoms with Crippen LogP contribution in [0.3, 0.4) is 0 Å². The zero-order valence-electron chi connectivity index (χ0n) is 28.7. The van der Waals surface area contributed by atoms with Gasteiger partial charge in [0.15, 0.2) is 8.32 Å². The molecule has 0 bridgehead atoms. The topological polar surface area (TPSA) is 34.0 Å². The second-order valence-electron chi connectivity index (χ2n) is 15.2. The van der Waals surface area contributed by atoms with E-state index < -0.39 is 8.32 Å². The van der Waals surface area contributed by atoms with Crippen molar-refractivity contribution in [2.45, 2.75) is 152 Å². The van der Waals surface area contributed by atoms with Crippen molar-refractivity contribution in [2.75, 3.05) is 6.61 Å². The van der Waals surface area contributed by atoms with Gasteiger partial charge in [0.1, 0.15) is 0 Å². The number of hydrogen-bond donors (Lipinski definition) is 0. The number of unbranched alkanes of at least 4 members (excludes halogenated alkanes) is 1. The molecule has 0 spiro atoms. The molecule has 0 aromatic carbocycles. The first-order valence-electron chi connectivity index (χ1n) is 16.7. The van der Waals surface area contributed by atoms with Gasteiger partial charge in [0.25, 0.3) is 0 Å². The molecule has 7 heteroatoms. The minimum absolute atomic E-state index is 0.440. The van der Waals surface area contributed by atoms with E-state index in [2.05, 4.69) is 110 Å². The third-order valence-corrected chi connectivity index (χ3v) is 10.8. The van der Waals surface area contributed by atoms with Gasteiger partial charge in [-0.3, -0.25) is 9.98 Å². The molecule has 246 valence electrons. The number of halogens is 2. The summed E-state index contributed by atoms with van der Waals surface area (Å²) in [4.78, 5) is 11.4. The third-order valence-electron chi connectivity index (χ3n) is 9.74. The van der Waals surface area contributed by atoms with Crippen LogP contribution in [-0.4, -0.2) is 38.4 Å². The van der Waals surface area contributed by atoms with E-state index in [9.17, 15) is 0 Å². The molecule has 2 aliphatic rings. The van der Waals surface area contributed by atoms with Crippen LogP contribution in [0.4, 0.5) is 0 Å². The summed E-state index contributed by atoms with van der Waals surface area (Å²) in [6.45, 7) is 29.4. The number of nitrogens with zero attached hydrogens (tertiary/aromatic N) is 2. The molecule has 3 nitrogen and oxygen atoms in total. The Balaban J connectivity index is 0.00000268. The summed E-state index contributed by atoms with van der Waals surface area (Å²) in [6, 6.07) is 0.882. The van der Waals surface area contributed by atoms with Gasteiger partial charge in [0.05, 0.1) is 23.5 Å². The van der Waals surface area contributed by atoms with E-state index in [0.29, 0.717) is 59.4 Å². The summed E-state index contributed by atoms with van der Waals surface area (Å²) in [5.74, 6) is 5.51. The predicted molar refractivity (Wildman–Crippen MR) is 190 cm³/mol. The minimum atomic E-state index is -1.46. The molecule has 0 saturated heterocycles. The first-order chi connectivity index (χ1) is 19.1. The van der Waals surface area contributed by atoms with E-state index >= 15 is 0 Å². The predicted octanol–water partition coefficient (Wildman–Crippen LogP) is 11.8. The molecule has 0 aromatic rings. The van der Waals surface area contributed by atoms with Gasteiger partial charge in [0.2, 0.25) is 0 Å². The Kier molecular flexibility index (Phi) is 19.7. The van der Waals surface area contributed by atoms with Crippen LogP contribution in [0.5, 0.6) is 0 Å². The average Bonchev–Trinajstić information content (AvgIpc) is 2.87. The van der Waals surface area contributed by atoms with Gasteiger partial charge in [-0.2, -0.15) is 0 Å². The fourth-order valence-corrected chi connectivity index (χ4v) is 8.14. The van der Waals surface area contributed by atoms with Crippen molar-refractivity contribution < 1.29 is 15.3 Å². The summed E-state index contributed by atoms with van der Waals surface area (Å²) in [6.07, 6.45) is 11.4. The standard InChI is InChI=1S/C34H66N2OSi.2BrH.Ni/c1-23(2)28-17-15-18-29(24(3)4)33(28)35-27(9)32(21-13-14-22-37-38(10,11)12)36-34-30(25(5)6)19-16-20-31(34)26(7)8;;;/h23-26,28-31,33-34H,13-22H2,1-12H3;2*1H;/q;;;+2/p-2. The van der Waals surface area contributed by atoms with Crippen LogP contribution in [0.25, 0.3) is 0 Å². The summed E-state index contributed by atoms with van der Waals surface area (Å²) < 4.78 is 6.19. The van der Waals surface area contributed by atoms with Crippen LogP contribution in [-0.2, 0) is 15.3 Å². The molecule has 0 aliphatic heterocycles. The zero-order chi connectivity index (χ0) is 31.3. The van der Waals surface area contributed by atoms with Gasteiger partial charge in [-0.1, -0.05) is 68.2 Å². The van der Waals surface area contributed by atoms with Crippen LogP contribution in [0.2, 0.25) is 19.6 Å². The maximum absolute atomic E-state index is 6.19. The van der Waals surface area contributed by atoms with E-state index in [1.54, 1.807) is 0 Å². The molecule has 0 heterocycles. The maximum atomic E-state index is 6.19. The quantitative estimate of drug-likeness (QED) is 0.104. The van der Waals surface area contributed by atoms with E-state index in [0.717, 1.165) is 25.9 Å². The molecule has 2 fully saturated rings. The first kappa shape index (κ1) is 40.0. The van der Waals surface area contributed by atoms with Crippen molar-refractivity contribution in [3.8, 4) is 0 Å². The van der Waals surface area contributed by atoms with Crippen molar-refractivity contribution in [3.63, 3.8) is 0 Å². The molecule has 0 N–H and O–H groups in total. The molecule has 0 amide bonds. The summed E-state index contributed by atoms with van der Waals surface area (Å²) >= 11 is 6.00. The number of rotatable bonds is 13. The fourth-order valence-electron chi connectivity index (χ4n) is 7.38.